The normalized spacial score (nSPS) is 33.3. The van der Waals surface area contributed by atoms with Crippen molar-refractivity contribution in [3.8, 4) is 11.1 Å². The van der Waals surface area contributed by atoms with Crippen LogP contribution < -0.4 is 0 Å². The summed E-state index contributed by atoms with van der Waals surface area (Å²) in [4.78, 5) is 3.73. The van der Waals surface area contributed by atoms with Crippen molar-refractivity contribution in [2.75, 3.05) is 0 Å². The summed E-state index contributed by atoms with van der Waals surface area (Å²) in [6.07, 6.45) is 8.93. The molecule has 5 aliphatic rings. The Balaban J connectivity index is 1.41. The lowest BCUT2D eigenvalue weighted by atomic mass is 9.45. The van der Waals surface area contributed by atoms with Gasteiger partial charge in [0, 0.05) is 27.7 Å². The van der Waals surface area contributed by atoms with Gasteiger partial charge in [-0.25, -0.2) is 0 Å². The first-order valence-electron chi connectivity index (χ1n) is 11.9. The van der Waals surface area contributed by atoms with Crippen LogP contribution in [0.1, 0.15) is 55.6 Å². The van der Waals surface area contributed by atoms with E-state index in [0.29, 0.717) is 11.3 Å². The Kier molecular flexibility index (Phi) is 2.90. The molecule has 0 aliphatic heterocycles. The van der Waals surface area contributed by atoms with Gasteiger partial charge in [-0.3, -0.25) is 0 Å². The molecule has 1 atom stereocenters. The van der Waals surface area contributed by atoms with Gasteiger partial charge in [0.2, 0.25) is 0 Å². The van der Waals surface area contributed by atoms with E-state index < -0.39 is 0 Å². The molecule has 4 bridgehead atoms. The number of para-hydroxylation sites is 1. The van der Waals surface area contributed by atoms with Crippen molar-refractivity contribution in [2.24, 2.45) is 23.2 Å². The van der Waals surface area contributed by atoms with Crippen LogP contribution in [0.15, 0.2) is 60.7 Å². The highest BCUT2D eigenvalue weighted by Gasteiger charge is 2.56. The Bertz CT molecular complexity index is 1300. The molecule has 0 radical (unpaired) electrons. The molecule has 4 fully saturated rings. The zero-order valence-electron chi connectivity index (χ0n) is 17.3. The van der Waals surface area contributed by atoms with Crippen LogP contribution in [0.2, 0.25) is 0 Å². The summed E-state index contributed by atoms with van der Waals surface area (Å²) >= 11 is 0. The standard InChI is InChI=1S/C29H27N/c1-2-7-22-20(5-1)23-12-24-21-6-3-4-8-26(21)30-27(24)13-25(23)28(22)29-14-17-9-18(15-29)11-19(10-17)16-29/h1-8,12-13,17-19,28,30H,9-11,14-16H2. The minimum absolute atomic E-state index is 0.496. The molecule has 1 unspecified atom stereocenters. The van der Waals surface area contributed by atoms with E-state index >= 15 is 0 Å². The smallest absolute Gasteiger partial charge is 0.0468 e. The lowest BCUT2D eigenvalue weighted by molar-refractivity contribution is -0.0612. The molecule has 1 aromatic heterocycles. The van der Waals surface area contributed by atoms with Gasteiger partial charge < -0.3 is 4.98 Å². The van der Waals surface area contributed by atoms with Crippen LogP contribution in [0, 0.1) is 23.2 Å². The maximum atomic E-state index is 3.73. The van der Waals surface area contributed by atoms with Crippen molar-refractivity contribution in [3.05, 3.63) is 71.8 Å². The van der Waals surface area contributed by atoms with E-state index in [4.69, 9.17) is 0 Å². The van der Waals surface area contributed by atoms with Gasteiger partial charge >= 0.3 is 0 Å². The molecule has 30 heavy (non-hydrogen) atoms. The number of nitrogens with one attached hydrogen (secondary N) is 1. The highest BCUT2D eigenvalue weighted by Crippen LogP contribution is 2.68. The topological polar surface area (TPSA) is 15.8 Å². The number of aromatic amines is 1. The van der Waals surface area contributed by atoms with Crippen LogP contribution in [-0.2, 0) is 0 Å². The fourth-order valence-corrected chi connectivity index (χ4v) is 8.74. The van der Waals surface area contributed by atoms with Crippen molar-refractivity contribution in [3.63, 3.8) is 0 Å². The second kappa shape index (κ2) is 5.38. The Labute approximate surface area is 177 Å². The van der Waals surface area contributed by atoms with Crippen LogP contribution in [-0.4, -0.2) is 4.98 Å². The van der Waals surface area contributed by atoms with Crippen molar-refractivity contribution in [2.45, 2.75) is 44.4 Å². The van der Waals surface area contributed by atoms with Crippen LogP contribution in [0.5, 0.6) is 0 Å². The van der Waals surface area contributed by atoms with E-state index in [0.717, 1.165) is 17.8 Å². The van der Waals surface area contributed by atoms with Crippen molar-refractivity contribution in [1.82, 2.24) is 4.98 Å². The third-order valence-electron chi connectivity index (χ3n) is 9.25. The summed E-state index contributed by atoms with van der Waals surface area (Å²) in [6, 6.07) is 23.2. The lowest BCUT2D eigenvalue weighted by Crippen LogP contribution is -2.48. The fraction of sp³-hybridized carbons (Fsp3) is 0.379. The number of hydrogen-bond donors (Lipinski definition) is 1. The summed E-state index contributed by atoms with van der Waals surface area (Å²) in [5.41, 5.74) is 9.30. The quantitative estimate of drug-likeness (QED) is 0.344. The number of benzene rings is 3. The van der Waals surface area contributed by atoms with E-state index in [2.05, 4.69) is 65.6 Å². The van der Waals surface area contributed by atoms with Crippen LogP contribution in [0.3, 0.4) is 0 Å². The third kappa shape index (κ3) is 1.95. The van der Waals surface area contributed by atoms with Gasteiger partial charge in [-0.05, 0) is 102 Å². The number of fused-ring (bicyclic) bond motifs is 6. The van der Waals surface area contributed by atoms with Crippen LogP contribution >= 0.6 is 0 Å². The van der Waals surface area contributed by atoms with E-state index in [1.807, 2.05) is 0 Å². The van der Waals surface area contributed by atoms with Crippen LogP contribution in [0.4, 0.5) is 0 Å². The Hall–Kier alpha value is -2.54. The molecule has 148 valence electrons. The first-order valence-corrected chi connectivity index (χ1v) is 11.9. The van der Waals surface area contributed by atoms with Gasteiger partial charge in [0.15, 0.2) is 0 Å². The average molecular weight is 390 g/mol. The molecular formula is C29H27N. The highest BCUT2D eigenvalue weighted by molar-refractivity contribution is 6.09. The van der Waals surface area contributed by atoms with Gasteiger partial charge in [0.25, 0.3) is 0 Å². The van der Waals surface area contributed by atoms with Crippen molar-refractivity contribution < 1.29 is 0 Å². The number of aromatic nitrogens is 1. The Morgan fingerprint density at radius 2 is 1.33 bits per heavy atom. The Morgan fingerprint density at radius 3 is 2.13 bits per heavy atom. The molecule has 1 heteroatoms. The van der Waals surface area contributed by atoms with Crippen LogP contribution in [0.25, 0.3) is 32.9 Å². The molecular weight excluding hydrogens is 362 g/mol. The minimum Gasteiger partial charge on any atom is -0.355 e. The summed E-state index contributed by atoms with van der Waals surface area (Å²) in [5.74, 6) is 3.56. The van der Waals surface area contributed by atoms with Gasteiger partial charge in [0.05, 0.1) is 0 Å². The summed E-state index contributed by atoms with van der Waals surface area (Å²) in [6.45, 7) is 0. The molecule has 1 nitrogen and oxygen atoms in total. The molecule has 0 saturated heterocycles. The second-order valence-electron chi connectivity index (χ2n) is 11.0. The molecule has 0 amide bonds. The maximum Gasteiger partial charge on any atom is 0.0468 e. The van der Waals surface area contributed by atoms with Crippen molar-refractivity contribution in [1.29, 1.82) is 0 Å². The fourth-order valence-electron chi connectivity index (χ4n) is 8.74. The molecule has 4 saturated carbocycles. The molecule has 3 aromatic carbocycles. The number of rotatable bonds is 1. The van der Waals surface area contributed by atoms with Gasteiger partial charge in [0.1, 0.15) is 0 Å². The predicted octanol–water partition coefficient (Wildman–Crippen LogP) is 7.65. The second-order valence-corrected chi connectivity index (χ2v) is 11.0. The molecule has 0 spiro atoms. The average Bonchev–Trinajstić information content (AvgIpc) is 3.26. The van der Waals surface area contributed by atoms with E-state index in [-0.39, 0.29) is 0 Å². The first-order chi connectivity index (χ1) is 14.8. The minimum atomic E-state index is 0.496. The lowest BCUT2D eigenvalue weighted by Gasteiger charge is -2.59. The highest BCUT2D eigenvalue weighted by atomic mass is 14.7. The first kappa shape index (κ1) is 16.2. The zero-order chi connectivity index (χ0) is 19.4. The Morgan fingerprint density at radius 1 is 0.633 bits per heavy atom. The van der Waals surface area contributed by atoms with Gasteiger partial charge in [-0.15, -0.1) is 0 Å². The molecule has 9 rings (SSSR count). The maximum absolute atomic E-state index is 3.73. The SMILES string of the molecule is c1ccc2c(c1)-c1cc3c(cc1C2C12CC4CC(CC(C4)C1)C2)[nH]c1ccccc13. The molecule has 4 aromatic rings. The van der Waals surface area contributed by atoms with E-state index in [1.54, 1.807) is 11.1 Å². The molecule has 5 aliphatic carbocycles. The van der Waals surface area contributed by atoms with Gasteiger partial charge in [-0.2, -0.15) is 0 Å². The van der Waals surface area contributed by atoms with Gasteiger partial charge in [-0.1, -0.05) is 42.5 Å². The largest absolute Gasteiger partial charge is 0.355 e. The molecule has 1 heterocycles. The monoisotopic (exact) mass is 389 g/mol. The summed E-state index contributed by atoms with van der Waals surface area (Å²) < 4.78 is 0. The third-order valence-corrected chi connectivity index (χ3v) is 9.25. The predicted molar refractivity (Wildman–Crippen MR) is 124 cm³/mol. The van der Waals surface area contributed by atoms with E-state index in [9.17, 15) is 0 Å². The van der Waals surface area contributed by atoms with Crippen molar-refractivity contribution >= 4 is 21.8 Å². The van der Waals surface area contributed by atoms with E-state index in [1.165, 1.54) is 71.5 Å². The number of H-pyrrole nitrogens is 1. The summed E-state index contributed by atoms with van der Waals surface area (Å²) in [7, 11) is 0. The summed E-state index contributed by atoms with van der Waals surface area (Å²) in [5, 5.41) is 2.73. The zero-order valence-corrected chi connectivity index (χ0v) is 17.3. The molecule has 1 N–H and O–H groups in total. The number of hydrogen-bond acceptors (Lipinski definition) is 0.